The fraction of sp³-hybridized carbons (Fsp3) is 0.350. The first kappa shape index (κ1) is 19.1. The number of aryl methyl sites for hydroxylation is 1. The number of anilines is 1. The van der Waals surface area contributed by atoms with Gasteiger partial charge in [0.25, 0.3) is 11.1 Å². The fourth-order valence-corrected chi connectivity index (χ4v) is 4.96. The molecule has 1 amide bonds. The van der Waals surface area contributed by atoms with Crippen LogP contribution in [0.25, 0.3) is 10.8 Å². The molecule has 2 aromatic heterocycles. The van der Waals surface area contributed by atoms with E-state index in [0.29, 0.717) is 22.7 Å². The minimum absolute atomic E-state index is 0.211. The molecule has 0 spiro atoms. The number of carbonyl (C=O) groups excluding carboxylic acids is 1. The van der Waals surface area contributed by atoms with Crippen molar-refractivity contribution in [2.45, 2.75) is 43.6 Å². The number of aromatic nitrogens is 2. The number of thioether (sulfide) groups is 1. The standard InChI is InChI=1S/C20H20FN3O2S2/c1-11-3-8-16-13(9-11)10-17(28-16)19-23-24-20(26-19)27-12(2)18(25)22-15-6-4-14(21)5-7-15/h4-7,10-12H,3,8-9H2,1-2H3,(H,22,25)/t11-,12-/m1/s1. The first-order chi connectivity index (χ1) is 13.5. The Morgan fingerprint density at radius 3 is 2.93 bits per heavy atom. The Balaban J connectivity index is 1.40. The van der Waals surface area contributed by atoms with Gasteiger partial charge in [0.1, 0.15) is 5.82 Å². The molecule has 0 aliphatic heterocycles. The number of halogens is 1. The maximum absolute atomic E-state index is 13.0. The van der Waals surface area contributed by atoms with Crippen LogP contribution in [0.3, 0.4) is 0 Å². The molecule has 0 unspecified atom stereocenters. The van der Waals surface area contributed by atoms with Crippen LogP contribution in [0.2, 0.25) is 0 Å². The Kier molecular flexibility index (Phi) is 5.50. The van der Waals surface area contributed by atoms with Gasteiger partial charge in [0.05, 0.1) is 10.1 Å². The summed E-state index contributed by atoms with van der Waals surface area (Å²) in [5, 5.41) is 10.9. The lowest BCUT2D eigenvalue weighted by molar-refractivity contribution is -0.115. The summed E-state index contributed by atoms with van der Waals surface area (Å²) in [6.07, 6.45) is 3.43. The number of carbonyl (C=O) groups is 1. The zero-order chi connectivity index (χ0) is 19.7. The predicted molar refractivity (Wildman–Crippen MR) is 109 cm³/mol. The minimum atomic E-state index is -0.434. The highest BCUT2D eigenvalue weighted by Gasteiger charge is 2.22. The lowest BCUT2D eigenvalue weighted by Crippen LogP contribution is -2.22. The SMILES string of the molecule is C[C@@H]1CCc2sc(-c3nnc(S[C@H](C)C(=O)Nc4ccc(F)cc4)o3)cc2C1. The zero-order valence-electron chi connectivity index (χ0n) is 15.6. The molecule has 1 aliphatic carbocycles. The van der Waals surface area contributed by atoms with E-state index in [0.717, 1.165) is 17.7 Å². The second kappa shape index (κ2) is 8.05. The van der Waals surface area contributed by atoms with Gasteiger partial charge in [-0.3, -0.25) is 4.79 Å². The van der Waals surface area contributed by atoms with Crippen molar-refractivity contribution >= 4 is 34.7 Å². The molecule has 1 N–H and O–H groups in total. The molecule has 0 saturated carbocycles. The number of hydrogen-bond acceptors (Lipinski definition) is 6. The number of nitrogens with zero attached hydrogens (tertiary/aromatic N) is 2. The lowest BCUT2D eigenvalue weighted by atomic mass is 9.90. The number of amides is 1. The van der Waals surface area contributed by atoms with E-state index in [4.69, 9.17) is 4.42 Å². The van der Waals surface area contributed by atoms with Gasteiger partial charge >= 0.3 is 0 Å². The molecular formula is C20H20FN3O2S2. The first-order valence-electron chi connectivity index (χ1n) is 9.16. The highest BCUT2D eigenvalue weighted by atomic mass is 32.2. The van der Waals surface area contributed by atoms with Gasteiger partial charge in [0.2, 0.25) is 5.91 Å². The highest BCUT2D eigenvalue weighted by Crippen LogP contribution is 2.37. The van der Waals surface area contributed by atoms with Crippen LogP contribution in [0, 0.1) is 11.7 Å². The quantitative estimate of drug-likeness (QED) is 0.579. The van der Waals surface area contributed by atoms with Gasteiger partial charge in [0.15, 0.2) is 0 Å². The van der Waals surface area contributed by atoms with Crippen molar-refractivity contribution in [1.29, 1.82) is 0 Å². The zero-order valence-corrected chi connectivity index (χ0v) is 17.2. The largest absolute Gasteiger partial charge is 0.410 e. The summed E-state index contributed by atoms with van der Waals surface area (Å²) in [6, 6.07) is 7.81. The Bertz CT molecular complexity index is 984. The summed E-state index contributed by atoms with van der Waals surface area (Å²) in [5.41, 5.74) is 1.93. The normalized spacial score (nSPS) is 17.2. The fourth-order valence-electron chi connectivity index (χ4n) is 3.15. The Labute approximate surface area is 170 Å². The molecule has 0 saturated heterocycles. The predicted octanol–water partition coefficient (Wildman–Crippen LogP) is 5.18. The smallest absolute Gasteiger partial charge is 0.277 e. The van der Waals surface area contributed by atoms with Crippen LogP contribution in [0.4, 0.5) is 10.1 Å². The molecule has 3 aromatic rings. The van der Waals surface area contributed by atoms with E-state index in [1.165, 1.54) is 52.9 Å². The van der Waals surface area contributed by atoms with E-state index in [1.54, 1.807) is 18.3 Å². The van der Waals surface area contributed by atoms with Crippen molar-refractivity contribution in [3.05, 3.63) is 46.6 Å². The van der Waals surface area contributed by atoms with Crippen LogP contribution in [0.1, 0.15) is 30.7 Å². The maximum atomic E-state index is 13.0. The Morgan fingerprint density at radius 1 is 1.36 bits per heavy atom. The van der Waals surface area contributed by atoms with Crippen LogP contribution in [0.5, 0.6) is 0 Å². The van der Waals surface area contributed by atoms with Gasteiger partial charge in [-0.25, -0.2) is 4.39 Å². The van der Waals surface area contributed by atoms with Crippen LogP contribution >= 0.6 is 23.1 Å². The second-order valence-electron chi connectivity index (χ2n) is 7.04. The Morgan fingerprint density at radius 2 is 2.14 bits per heavy atom. The van der Waals surface area contributed by atoms with E-state index in [-0.39, 0.29) is 11.7 Å². The summed E-state index contributed by atoms with van der Waals surface area (Å²) >= 11 is 2.92. The second-order valence-corrected chi connectivity index (χ2v) is 9.47. The summed E-state index contributed by atoms with van der Waals surface area (Å²) in [6.45, 7) is 4.04. The summed E-state index contributed by atoms with van der Waals surface area (Å²) in [4.78, 5) is 14.7. The molecule has 0 fully saturated rings. The number of rotatable bonds is 5. The van der Waals surface area contributed by atoms with Crippen molar-refractivity contribution in [3.8, 4) is 10.8 Å². The lowest BCUT2D eigenvalue weighted by Gasteiger charge is -2.16. The number of benzene rings is 1. The van der Waals surface area contributed by atoms with Crippen molar-refractivity contribution in [2.75, 3.05) is 5.32 Å². The third-order valence-electron chi connectivity index (χ3n) is 4.71. The third kappa shape index (κ3) is 4.28. The summed E-state index contributed by atoms with van der Waals surface area (Å²) in [7, 11) is 0. The number of thiophene rings is 1. The van der Waals surface area contributed by atoms with Crippen LogP contribution in [0.15, 0.2) is 40.0 Å². The first-order valence-corrected chi connectivity index (χ1v) is 10.9. The van der Waals surface area contributed by atoms with Crippen molar-refractivity contribution in [3.63, 3.8) is 0 Å². The van der Waals surface area contributed by atoms with E-state index in [2.05, 4.69) is 28.5 Å². The highest BCUT2D eigenvalue weighted by molar-refractivity contribution is 8.00. The van der Waals surface area contributed by atoms with Crippen LogP contribution in [-0.2, 0) is 17.6 Å². The molecule has 4 rings (SSSR count). The Hall–Kier alpha value is -2.19. The molecule has 2 atom stereocenters. The van der Waals surface area contributed by atoms with Gasteiger partial charge in [-0.05, 0) is 68.0 Å². The van der Waals surface area contributed by atoms with Gasteiger partial charge in [0, 0.05) is 10.6 Å². The summed E-state index contributed by atoms with van der Waals surface area (Å²) < 4.78 is 18.7. The molecule has 2 heterocycles. The molecule has 28 heavy (non-hydrogen) atoms. The molecule has 1 aliphatic rings. The van der Waals surface area contributed by atoms with Crippen molar-refractivity contribution in [1.82, 2.24) is 10.2 Å². The maximum Gasteiger partial charge on any atom is 0.277 e. The van der Waals surface area contributed by atoms with Gasteiger partial charge < -0.3 is 9.73 Å². The number of nitrogens with one attached hydrogen (secondary N) is 1. The average Bonchev–Trinajstić information content (AvgIpc) is 3.29. The monoisotopic (exact) mass is 417 g/mol. The molecule has 0 bridgehead atoms. The number of hydrogen-bond donors (Lipinski definition) is 1. The molecule has 5 nitrogen and oxygen atoms in total. The van der Waals surface area contributed by atoms with E-state index in [1.807, 2.05) is 0 Å². The van der Waals surface area contributed by atoms with Gasteiger partial charge in [-0.1, -0.05) is 18.7 Å². The molecule has 8 heteroatoms. The van der Waals surface area contributed by atoms with Crippen molar-refractivity contribution in [2.24, 2.45) is 5.92 Å². The van der Waals surface area contributed by atoms with Crippen molar-refractivity contribution < 1.29 is 13.6 Å². The number of fused-ring (bicyclic) bond motifs is 1. The van der Waals surface area contributed by atoms with Crippen LogP contribution in [-0.4, -0.2) is 21.4 Å². The van der Waals surface area contributed by atoms with Gasteiger partial charge in [-0.2, -0.15) is 0 Å². The third-order valence-corrected chi connectivity index (χ3v) is 6.86. The van der Waals surface area contributed by atoms with E-state index < -0.39 is 5.25 Å². The topological polar surface area (TPSA) is 68.0 Å². The minimum Gasteiger partial charge on any atom is -0.410 e. The molecule has 146 valence electrons. The molecule has 0 radical (unpaired) electrons. The molecule has 1 aromatic carbocycles. The van der Waals surface area contributed by atoms with Crippen LogP contribution < -0.4 is 5.32 Å². The van der Waals surface area contributed by atoms with E-state index in [9.17, 15) is 9.18 Å². The summed E-state index contributed by atoms with van der Waals surface area (Å²) in [5.74, 6) is 0.658. The van der Waals surface area contributed by atoms with E-state index >= 15 is 0 Å². The van der Waals surface area contributed by atoms with Gasteiger partial charge in [-0.15, -0.1) is 21.5 Å². The molecular weight excluding hydrogens is 397 g/mol. The average molecular weight is 418 g/mol.